The van der Waals surface area contributed by atoms with Gasteiger partial charge in [0.15, 0.2) is 0 Å². The fraction of sp³-hybridized carbons (Fsp3) is 1.00. The van der Waals surface area contributed by atoms with Crippen LogP contribution in [-0.2, 0) is 0 Å². The van der Waals surface area contributed by atoms with Crippen molar-refractivity contribution in [2.45, 2.75) is 50.7 Å². The molecular formula is C15H32N4. The smallest absolute Gasteiger partial charge is 0.0345 e. The van der Waals surface area contributed by atoms with Crippen LogP contribution in [0.4, 0.5) is 0 Å². The molecule has 0 spiro atoms. The molecule has 3 unspecified atom stereocenters. The second-order valence-electron chi connectivity index (χ2n) is 6.85. The maximum absolute atomic E-state index is 6.24. The highest BCUT2D eigenvalue weighted by molar-refractivity contribution is 4.98. The van der Waals surface area contributed by atoms with Crippen molar-refractivity contribution in [3.63, 3.8) is 0 Å². The molecule has 0 aromatic carbocycles. The van der Waals surface area contributed by atoms with Gasteiger partial charge < -0.3 is 10.6 Å². The Morgan fingerprint density at radius 2 is 1.68 bits per heavy atom. The molecule has 19 heavy (non-hydrogen) atoms. The number of rotatable bonds is 2. The minimum Gasteiger partial charge on any atom is -0.329 e. The van der Waals surface area contributed by atoms with Gasteiger partial charge in [-0.05, 0) is 60.3 Å². The molecule has 2 aliphatic rings. The molecule has 0 saturated carbocycles. The summed E-state index contributed by atoms with van der Waals surface area (Å²) in [6.45, 7) is 10.2. The zero-order valence-electron chi connectivity index (χ0n) is 13.2. The highest BCUT2D eigenvalue weighted by Gasteiger charge is 2.40. The van der Waals surface area contributed by atoms with Crippen molar-refractivity contribution in [1.82, 2.24) is 14.7 Å². The van der Waals surface area contributed by atoms with Crippen LogP contribution in [-0.4, -0.2) is 79.1 Å². The summed E-state index contributed by atoms with van der Waals surface area (Å²) in [5.41, 5.74) is 6.48. The summed E-state index contributed by atoms with van der Waals surface area (Å²) in [5.74, 6) is 0. The number of piperazine rings is 1. The number of likely N-dealkylation sites (N-methyl/N-ethyl adjacent to an activating group) is 1. The maximum Gasteiger partial charge on any atom is 0.0345 e. The van der Waals surface area contributed by atoms with Gasteiger partial charge in [-0.15, -0.1) is 0 Å². The van der Waals surface area contributed by atoms with E-state index in [1.165, 1.54) is 45.4 Å². The van der Waals surface area contributed by atoms with E-state index in [1.807, 2.05) is 0 Å². The van der Waals surface area contributed by atoms with Crippen LogP contribution in [0.1, 0.15) is 33.1 Å². The normalized spacial score (nSPS) is 40.3. The summed E-state index contributed by atoms with van der Waals surface area (Å²) in [5, 5.41) is 0. The van der Waals surface area contributed by atoms with E-state index in [0.29, 0.717) is 12.1 Å². The molecule has 0 aromatic heterocycles. The Morgan fingerprint density at radius 3 is 2.26 bits per heavy atom. The van der Waals surface area contributed by atoms with Gasteiger partial charge in [-0.2, -0.15) is 0 Å². The Hall–Kier alpha value is -0.160. The van der Waals surface area contributed by atoms with Crippen molar-refractivity contribution in [2.75, 3.05) is 46.8 Å². The number of nitrogens with two attached hydrogens (primary N) is 1. The summed E-state index contributed by atoms with van der Waals surface area (Å²) < 4.78 is 0. The van der Waals surface area contributed by atoms with Crippen LogP contribution in [0.25, 0.3) is 0 Å². The Kier molecular flexibility index (Phi) is 4.88. The molecule has 2 aliphatic heterocycles. The first-order valence-electron chi connectivity index (χ1n) is 7.84. The monoisotopic (exact) mass is 268 g/mol. The second-order valence-corrected chi connectivity index (χ2v) is 6.85. The van der Waals surface area contributed by atoms with Gasteiger partial charge in [-0.3, -0.25) is 9.80 Å². The van der Waals surface area contributed by atoms with E-state index in [4.69, 9.17) is 5.73 Å². The third kappa shape index (κ3) is 3.13. The van der Waals surface area contributed by atoms with E-state index in [2.05, 4.69) is 42.6 Å². The quantitative estimate of drug-likeness (QED) is 0.804. The van der Waals surface area contributed by atoms with E-state index in [-0.39, 0.29) is 5.54 Å². The van der Waals surface area contributed by atoms with Crippen molar-refractivity contribution in [3.05, 3.63) is 0 Å². The zero-order valence-corrected chi connectivity index (χ0v) is 13.2. The molecule has 0 radical (unpaired) electrons. The van der Waals surface area contributed by atoms with Gasteiger partial charge in [-0.1, -0.05) is 0 Å². The predicted octanol–water partition coefficient (Wildman–Crippen LogP) is 0.824. The molecular weight excluding hydrogens is 236 g/mol. The Labute approximate surface area is 118 Å². The molecule has 0 aromatic rings. The van der Waals surface area contributed by atoms with E-state index in [9.17, 15) is 0 Å². The first-order valence-corrected chi connectivity index (χ1v) is 7.84. The molecule has 4 heteroatoms. The minimum atomic E-state index is 0.245. The minimum absolute atomic E-state index is 0.245. The lowest BCUT2D eigenvalue weighted by Gasteiger charge is -2.51. The zero-order chi connectivity index (χ0) is 14.0. The van der Waals surface area contributed by atoms with Crippen molar-refractivity contribution in [2.24, 2.45) is 5.73 Å². The summed E-state index contributed by atoms with van der Waals surface area (Å²) in [7, 11) is 4.49. The highest BCUT2D eigenvalue weighted by atomic mass is 15.3. The average Bonchev–Trinajstić information content (AvgIpc) is 2.58. The van der Waals surface area contributed by atoms with Crippen LogP contribution in [0.2, 0.25) is 0 Å². The molecule has 112 valence electrons. The molecule has 4 nitrogen and oxygen atoms in total. The number of nitrogens with zero attached hydrogens (tertiary/aromatic N) is 3. The Bertz CT molecular complexity index is 284. The van der Waals surface area contributed by atoms with E-state index in [0.717, 1.165) is 6.54 Å². The molecule has 2 fully saturated rings. The summed E-state index contributed by atoms with van der Waals surface area (Å²) in [4.78, 5) is 7.67. The lowest BCUT2D eigenvalue weighted by molar-refractivity contribution is -0.0161. The van der Waals surface area contributed by atoms with Crippen LogP contribution >= 0.6 is 0 Å². The average molecular weight is 268 g/mol. The lowest BCUT2D eigenvalue weighted by atomic mass is 9.86. The number of hydrogen-bond acceptors (Lipinski definition) is 4. The standard InChI is InChI=1S/C15H32N4/c1-13-10-19(11-14(2)18(13)4)15(12-16)6-5-8-17(3)9-7-15/h13-14H,5-12,16H2,1-4H3. The van der Waals surface area contributed by atoms with Gasteiger partial charge in [0.1, 0.15) is 0 Å². The molecule has 0 amide bonds. The van der Waals surface area contributed by atoms with Gasteiger partial charge in [0, 0.05) is 37.3 Å². The second kappa shape index (κ2) is 6.08. The van der Waals surface area contributed by atoms with Crippen LogP contribution in [0.15, 0.2) is 0 Å². The van der Waals surface area contributed by atoms with Crippen molar-refractivity contribution >= 4 is 0 Å². The van der Waals surface area contributed by atoms with Gasteiger partial charge in [0.05, 0.1) is 0 Å². The van der Waals surface area contributed by atoms with Crippen molar-refractivity contribution < 1.29 is 0 Å². The summed E-state index contributed by atoms with van der Waals surface area (Å²) >= 11 is 0. The first kappa shape index (κ1) is 15.2. The third-order valence-corrected chi connectivity index (χ3v) is 5.55. The third-order valence-electron chi connectivity index (χ3n) is 5.55. The highest BCUT2D eigenvalue weighted by Crippen LogP contribution is 2.31. The van der Waals surface area contributed by atoms with Gasteiger partial charge in [0.25, 0.3) is 0 Å². The molecule has 3 atom stereocenters. The van der Waals surface area contributed by atoms with Gasteiger partial charge in [0.2, 0.25) is 0 Å². The van der Waals surface area contributed by atoms with Crippen LogP contribution in [0.3, 0.4) is 0 Å². The van der Waals surface area contributed by atoms with Crippen molar-refractivity contribution in [3.8, 4) is 0 Å². The van der Waals surface area contributed by atoms with Crippen molar-refractivity contribution in [1.29, 1.82) is 0 Å². The molecule has 2 heterocycles. The molecule has 0 aliphatic carbocycles. The Morgan fingerprint density at radius 1 is 1.05 bits per heavy atom. The largest absolute Gasteiger partial charge is 0.329 e. The molecule has 2 N–H and O–H groups in total. The van der Waals surface area contributed by atoms with Gasteiger partial charge >= 0.3 is 0 Å². The number of likely N-dealkylation sites (tertiary alicyclic amines) is 1. The number of hydrogen-bond donors (Lipinski definition) is 1. The molecule has 2 saturated heterocycles. The van der Waals surface area contributed by atoms with E-state index in [1.54, 1.807) is 0 Å². The van der Waals surface area contributed by atoms with Gasteiger partial charge in [-0.25, -0.2) is 0 Å². The first-order chi connectivity index (χ1) is 8.98. The SMILES string of the molecule is CC1CN(C2(CN)CCCN(C)CC2)CC(C)N1C. The van der Waals surface area contributed by atoms with E-state index < -0.39 is 0 Å². The summed E-state index contributed by atoms with van der Waals surface area (Å²) in [6.07, 6.45) is 3.77. The van der Waals surface area contributed by atoms with E-state index >= 15 is 0 Å². The van der Waals surface area contributed by atoms with Crippen LogP contribution in [0, 0.1) is 0 Å². The molecule has 0 bridgehead atoms. The maximum atomic E-state index is 6.24. The predicted molar refractivity (Wildman–Crippen MR) is 81.4 cm³/mol. The summed E-state index contributed by atoms with van der Waals surface area (Å²) in [6, 6.07) is 1.27. The fourth-order valence-corrected chi connectivity index (χ4v) is 3.75. The van der Waals surface area contributed by atoms with Crippen LogP contribution in [0.5, 0.6) is 0 Å². The topological polar surface area (TPSA) is 35.7 Å². The lowest BCUT2D eigenvalue weighted by Crippen LogP contribution is -2.64. The fourth-order valence-electron chi connectivity index (χ4n) is 3.75. The van der Waals surface area contributed by atoms with Crippen LogP contribution < -0.4 is 5.73 Å². The molecule has 2 rings (SSSR count). The Balaban J connectivity index is 2.12.